The van der Waals surface area contributed by atoms with Crippen LogP contribution in [0.2, 0.25) is 0 Å². The Bertz CT molecular complexity index is 356. The molecule has 0 aliphatic carbocycles. The molecule has 1 amide bonds. The van der Waals surface area contributed by atoms with Gasteiger partial charge in [-0.05, 0) is 44.5 Å². The quantitative estimate of drug-likeness (QED) is 0.838. The van der Waals surface area contributed by atoms with Crippen LogP contribution in [0.15, 0.2) is 12.1 Å². The zero-order valence-electron chi connectivity index (χ0n) is 9.58. The molecule has 16 heavy (non-hydrogen) atoms. The standard InChI is InChI=1S/C12H18N2OS/c1-9-2-3-11(16-9)8-14-12(15)6-10-4-5-13-7-10/h2-3,10,13H,4-8H2,1H3,(H,14,15). The monoisotopic (exact) mass is 238 g/mol. The van der Waals surface area contributed by atoms with E-state index in [-0.39, 0.29) is 5.91 Å². The Balaban J connectivity index is 1.71. The first-order chi connectivity index (χ1) is 7.74. The summed E-state index contributed by atoms with van der Waals surface area (Å²) in [4.78, 5) is 14.2. The highest BCUT2D eigenvalue weighted by molar-refractivity contribution is 7.11. The van der Waals surface area contributed by atoms with Crippen LogP contribution in [0.5, 0.6) is 0 Å². The van der Waals surface area contributed by atoms with Gasteiger partial charge in [0.25, 0.3) is 0 Å². The Morgan fingerprint density at radius 3 is 3.12 bits per heavy atom. The second kappa shape index (κ2) is 5.46. The summed E-state index contributed by atoms with van der Waals surface area (Å²) in [6.07, 6.45) is 1.79. The second-order valence-corrected chi connectivity index (χ2v) is 5.72. The summed E-state index contributed by atoms with van der Waals surface area (Å²) in [7, 11) is 0. The molecular weight excluding hydrogens is 220 g/mol. The lowest BCUT2D eigenvalue weighted by atomic mass is 10.0. The van der Waals surface area contributed by atoms with Crippen molar-refractivity contribution in [2.75, 3.05) is 13.1 Å². The van der Waals surface area contributed by atoms with Crippen molar-refractivity contribution < 1.29 is 4.79 Å². The van der Waals surface area contributed by atoms with E-state index in [2.05, 4.69) is 29.7 Å². The Morgan fingerprint density at radius 1 is 1.62 bits per heavy atom. The molecule has 1 aliphatic rings. The Kier molecular flexibility index (Phi) is 3.96. The predicted molar refractivity (Wildman–Crippen MR) is 66.5 cm³/mol. The molecule has 1 aliphatic heterocycles. The first-order valence-electron chi connectivity index (χ1n) is 5.77. The van der Waals surface area contributed by atoms with Crippen molar-refractivity contribution in [2.24, 2.45) is 5.92 Å². The third-order valence-electron chi connectivity index (χ3n) is 2.89. The summed E-state index contributed by atoms with van der Waals surface area (Å²) in [5.74, 6) is 0.713. The van der Waals surface area contributed by atoms with Crippen molar-refractivity contribution >= 4 is 17.2 Å². The Labute approximate surface area is 100 Å². The van der Waals surface area contributed by atoms with Crippen molar-refractivity contribution in [3.63, 3.8) is 0 Å². The summed E-state index contributed by atoms with van der Waals surface area (Å²) in [5.41, 5.74) is 0. The highest BCUT2D eigenvalue weighted by atomic mass is 32.1. The topological polar surface area (TPSA) is 41.1 Å². The number of amides is 1. The lowest BCUT2D eigenvalue weighted by Crippen LogP contribution is -2.25. The van der Waals surface area contributed by atoms with Crippen LogP contribution in [0.4, 0.5) is 0 Å². The van der Waals surface area contributed by atoms with Crippen molar-refractivity contribution in [3.05, 3.63) is 21.9 Å². The van der Waals surface area contributed by atoms with E-state index in [1.165, 1.54) is 9.75 Å². The maximum absolute atomic E-state index is 11.6. The number of carbonyl (C=O) groups excluding carboxylic acids is 1. The molecule has 0 radical (unpaired) electrons. The van der Waals surface area contributed by atoms with Crippen LogP contribution >= 0.6 is 11.3 Å². The van der Waals surface area contributed by atoms with Crippen LogP contribution in [0, 0.1) is 12.8 Å². The van der Waals surface area contributed by atoms with Gasteiger partial charge < -0.3 is 10.6 Å². The van der Waals surface area contributed by atoms with Crippen molar-refractivity contribution in [3.8, 4) is 0 Å². The van der Waals surface area contributed by atoms with Gasteiger partial charge in [-0.25, -0.2) is 0 Å². The third kappa shape index (κ3) is 3.32. The minimum absolute atomic E-state index is 0.180. The van der Waals surface area contributed by atoms with Gasteiger partial charge in [-0.15, -0.1) is 11.3 Å². The average Bonchev–Trinajstić information content (AvgIpc) is 2.87. The lowest BCUT2D eigenvalue weighted by molar-refractivity contribution is -0.122. The molecule has 1 fully saturated rings. The fourth-order valence-electron chi connectivity index (χ4n) is 1.99. The van der Waals surface area contributed by atoms with E-state index in [4.69, 9.17) is 0 Å². The normalized spacial score (nSPS) is 19.9. The molecule has 4 heteroatoms. The Hall–Kier alpha value is -0.870. The van der Waals surface area contributed by atoms with Crippen molar-refractivity contribution in [1.82, 2.24) is 10.6 Å². The molecule has 0 bridgehead atoms. The second-order valence-electron chi connectivity index (χ2n) is 4.35. The van der Waals surface area contributed by atoms with Crippen LogP contribution in [-0.2, 0) is 11.3 Å². The number of hydrogen-bond acceptors (Lipinski definition) is 3. The molecule has 0 saturated carbocycles. The summed E-state index contributed by atoms with van der Waals surface area (Å²) in [6, 6.07) is 4.17. The van der Waals surface area contributed by atoms with E-state index in [9.17, 15) is 4.79 Å². The van der Waals surface area contributed by atoms with Crippen LogP contribution in [0.25, 0.3) is 0 Å². The molecule has 0 spiro atoms. The predicted octanol–water partition coefficient (Wildman–Crippen LogP) is 1.67. The molecule has 1 atom stereocenters. The van der Waals surface area contributed by atoms with Crippen LogP contribution in [-0.4, -0.2) is 19.0 Å². The highest BCUT2D eigenvalue weighted by Gasteiger charge is 2.17. The molecule has 3 nitrogen and oxygen atoms in total. The van der Waals surface area contributed by atoms with E-state index in [1.54, 1.807) is 11.3 Å². The van der Waals surface area contributed by atoms with Crippen LogP contribution in [0.1, 0.15) is 22.6 Å². The van der Waals surface area contributed by atoms with Gasteiger partial charge in [-0.1, -0.05) is 0 Å². The van der Waals surface area contributed by atoms with Crippen LogP contribution < -0.4 is 10.6 Å². The van der Waals surface area contributed by atoms with Gasteiger partial charge in [0, 0.05) is 16.2 Å². The third-order valence-corrected chi connectivity index (χ3v) is 3.89. The van der Waals surface area contributed by atoms with Crippen LogP contribution in [0.3, 0.4) is 0 Å². The summed E-state index contributed by atoms with van der Waals surface area (Å²) in [5, 5.41) is 6.26. The number of nitrogens with one attached hydrogen (secondary N) is 2. The van der Waals surface area contributed by atoms with Gasteiger partial charge in [0.2, 0.25) is 5.91 Å². The fraction of sp³-hybridized carbons (Fsp3) is 0.583. The molecule has 1 aromatic heterocycles. The van der Waals surface area contributed by atoms with E-state index in [1.807, 2.05) is 0 Å². The maximum Gasteiger partial charge on any atom is 0.220 e. The molecule has 1 saturated heterocycles. The minimum atomic E-state index is 0.180. The lowest BCUT2D eigenvalue weighted by Gasteiger charge is -2.08. The largest absolute Gasteiger partial charge is 0.351 e. The smallest absolute Gasteiger partial charge is 0.220 e. The summed E-state index contributed by atoms with van der Waals surface area (Å²) < 4.78 is 0. The molecule has 0 aromatic carbocycles. The van der Waals surface area contributed by atoms with E-state index in [0.717, 1.165) is 19.5 Å². The van der Waals surface area contributed by atoms with Crippen molar-refractivity contribution in [2.45, 2.75) is 26.3 Å². The molecule has 1 unspecified atom stereocenters. The van der Waals surface area contributed by atoms with E-state index >= 15 is 0 Å². The number of thiophene rings is 1. The SMILES string of the molecule is Cc1ccc(CNC(=O)CC2CCNC2)s1. The molecular formula is C12H18N2OS. The Morgan fingerprint density at radius 2 is 2.50 bits per heavy atom. The molecule has 88 valence electrons. The van der Waals surface area contributed by atoms with Gasteiger partial charge in [-0.2, -0.15) is 0 Å². The highest BCUT2D eigenvalue weighted by Crippen LogP contribution is 2.15. The number of carbonyl (C=O) groups is 1. The zero-order valence-corrected chi connectivity index (χ0v) is 10.4. The summed E-state index contributed by atoms with van der Waals surface area (Å²) >= 11 is 1.75. The number of hydrogen-bond donors (Lipinski definition) is 2. The fourth-order valence-corrected chi connectivity index (χ4v) is 2.82. The van der Waals surface area contributed by atoms with Gasteiger partial charge in [0.15, 0.2) is 0 Å². The minimum Gasteiger partial charge on any atom is -0.351 e. The first kappa shape index (κ1) is 11.6. The van der Waals surface area contributed by atoms with E-state index in [0.29, 0.717) is 18.9 Å². The van der Waals surface area contributed by atoms with Gasteiger partial charge in [0.1, 0.15) is 0 Å². The average molecular weight is 238 g/mol. The van der Waals surface area contributed by atoms with E-state index < -0.39 is 0 Å². The molecule has 2 rings (SSSR count). The first-order valence-corrected chi connectivity index (χ1v) is 6.58. The summed E-state index contributed by atoms with van der Waals surface area (Å²) in [6.45, 7) is 4.81. The molecule has 2 N–H and O–H groups in total. The van der Waals surface area contributed by atoms with Gasteiger partial charge >= 0.3 is 0 Å². The molecule has 2 heterocycles. The maximum atomic E-state index is 11.6. The van der Waals surface area contributed by atoms with Gasteiger partial charge in [-0.3, -0.25) is 4.79 Å². The number of rotatable bonds is 4. The molecule has 1 aromatic rings. The zero-order chi connectivity index (χ0) is 11.4. The van der Waals surface area contributed by atoms with Crippen molar-refractivity contribution in [1.29, 1.82) is 0 Å². The van der Waals surface area contributed by atoms with Gasteiger partial charge in [0.05, 0.1) is 6.54 Å². The number of aryl methyl sites for hydroxylation is 1.